The van der Waals surface area contributed by atoms with Gasteiger partial charge in [0.2, 0.25) is 6.33 Å². The molecule has 0 amide bonds. The van der Waals surface area contributed by atoms with Gasteiger partial charge in [-0.15, -0.1) is 0 Å². The Morgan fingerprint density at radius 2 is 2.29 bits per heavy atom. The molecule has 1 aliphatic heterocycles. The van der Waals surface area contributed by atoms with Crippen molar-refractivity contribution in [3.63, 3.8) is 0 Å². The van der Waals surface area contributed by atoms with E-state index in [1.165, 1.54) is 11.0 Å². The first-order valence-electron chi connectivity index (χ1n) is 5.38. The smallest absolute Gasteiger partial charge is 0.390 e. The van der Waals surface area contributed by atoms with Gasteiger partial charge < -0.3 is 14.9 Å². The van der Waals surface area contributed by atoms with Crippen LogP contribution in [0, 0.1) is 15.5 Å². The van der Waals surface area contributed by atoms with E-state index < -0.39 is 4.92 Å². The molecule has 1 fully saturated rings. The molecule has 0 bridgehead atoms. The van der Waals surface area contributed by atoms with E-state index in [1.54, 1.807) is 0 Å². The summed E-state index contributed by atoms with van der Waals surface area (Å²) in [5.74, 6) is 0.357. The van der Waals surface area contributed by atoms with Crippen LogP contribution in [0.25, 0.3) is 0 Å². The van der Waals surface area contributed by atoms with Gasteiger partial charge >= 0.3 is 5.95 Å². The van der Waals surface area contributed by atoms with Crippen LogP contribution in [0.15, 0.2) is 6.33 Å². The number of hydrogen-bond donors (Lipinski definition) is 1. The zero-order valence-corrected chi connectivity index (χ0v) is 10.2. The van der Waals surface area contributed by atoms with Crippen LogP contribution in [-0.4, -0.2) is 38.7 Å². The topological polar surface area (TPSA) is 83.1 Å². The van der Waals surface area contributed by atoms with Gasteiger partial charge in [0, 0.05) is 23.7 Å². The summed E-state index contributed by atoms with van der Waals surface area (Å²) in [6.07, 6.45) is 3.19. The molecule has 0 aromatic carbocycles. The third-order valence-corrected chi connectivity index (χ3v) is 3.74. The number of nitro groups is 1. The van der Waals surface area contributed by atoms with Crippen molar-refractivity contribution in [1.82, 2.24) is 14.8 Å². The molecule has 17 heavy (non-hydrogen) atoms. The van der Waals surface area contributed by atoms with Crippen LogP contribution in [0.3, 0.4) is 0 Å². The Morgan fingerprint density at radius 3 is 2.82 bits per heavy atom. The molecule has 7 nitrogen and oxygen atoms in total. The number of rotatable bonds is 4. The summed E-state index contributed by atoms with van der Waals surface area (Å²) in [7, 11) is 0. The maximum absolute atomic E-state index is 10.5. The summed E-state index contributed by atoms with van der Waals surface area (Å²) in [5.41, 5.74) is 0.00291. The van der Waals surface area contributed by atoms with Crippen molar-refractivity contribution < 1.29 is 9.66 Å². The molecular weight excluding hydrogens is 244 g/mol. The number of thiol groups is 1. The molecule has 1 aliphatic rings. The van der Waals surface area contributed by atoms with E-state index >= 15 is 0 Å². The molecule has 1 saturated heterocycles. The first-order valence-corrected chi connectivity index (χ1v) is 6.01. The SMILES string of the molecule is O=[N+]([O-])c1ncn(CC2(CS)CCOCC2)n1. The van der Waals surface area contributed by atoms with Crippen molar-refractivity contribution >= 4 is 18.6 Å². The van der Waals surface area contributed by atoms with E-state index in [9.17, 15) is 10.1 Å². The zero-order valence-electron chi connectivity index (χ0n) is 9.28. The van der Waals surface area contributed by atoms with E-state index in [4.69, 9.17) is 4.74 Å². The second-order valence-electron chi connectivity index (χ2n) is 4.27. The maximum atomic E-state index is 10.5. The van der Waals surface area contributed by atoms with Gasteiger partial charge in [-0.3, -0.25) is 0 Å². The van der Waals surface area contributed by atoms with Crippen molar-refractivity contribution in [2.45, 2.75) is 19.4 Å². The molecule has 0 N–H and O–H groups in total. The number of ether oxygens (including phenoxy) is 1. The Hall–Kier alpha value is -1.15. The molecule has 94 valence electrons. The van der Waals surface area contributed by atoms with Crippen molar-refractivity contribution in [3.05, 3.63) is 16.4 Å². The quantitative estimate of drug-likeness (QED) is 0.493. The maximum Gasteiger partial charge on any atom is 0.490 e. The van der Waals surface area contributed by atoms with Gasteiger partial charge in [0.15, 0.2) is 0 Å². The minimum atomic E-state index is -0.589. The normalized spacial score (nSPS) is 19.1. The van der Waals surface area contributed by atoms with E-state index in [0.29, 0.717) is 25.5 Å². The van der Waals surface area contributed by atoms with Gasteiger partial charge in [-0.25, -0.2) is 0 Å². The fourth-order valence-electron chi connectivity index (χ4n) is 1.96. The van der Waals surface area contributed by atoms with Crippen molar-refractivity contribution in [2.24, 2.45) is 5.41 Å². The Labute approximate surface area is 104 Å². The second-order valence-corrected chi connectivity index (χ2v) is 4.59. The standard InChI is InChI=1S/C9H14N4O3S/c14-13(15)8-10-7-12(11-8)5-9(6-17)1-3-16-4-2-9/h7,17H,1-6H2. The molecular formula is C9H14N4O3S. The molecule has 8 heteroatoms. The Kier molecular flexibility index (Phi) is 3.63. The number of nitrogens with zero attached hydrogens (tertiary/aromatic N) is 4. The molecule has 0 spiro atoms. The van der Waals surface area contributed by atoms with Gasteiger partial charge in [0.1, 0.15) is 0 Å². The van der Waals surface area contributed by atoms with Crippen molar-refractivity contribution in [1.29, 1.82) is 0 Å². The molecule has 0 radical (unpaired) electrons. The minimum absolute atomic E-state index is 0.00291. The highest BCUT2D eigenvalue weighted by Crippen LogP contribution is 2.33. The lowest BCUT2D eigenvalue weighted by Gasteiger charge is -2.34. The van der Waals surface area contributed by atoms with E-state index in [1.807, 2.05) is 0 Å². The second kappa shape index (κ2) is 5.01. The number of aromatic nitrogens is 3. The third-order valence-electron chi connectivity index (χ3n) is 3.07. The molecule has 2 heterocycles. The van der Waals surface area contributed by atoms with E-state index in [-0.39, 0.29) is 11.4 Å². The first-order chi connectivity index (χ1) is 8.15. The highest BCUT2D eigenvalue weighted by Gasteiger charge is 2.33. The van der Waals surface area contributed by atoms with Crippen LogP contribution in [0.4, 0.5) is 5.95 Å². The molecule has 0 aliphatic carbocycles. The van der Waals surface area contributed by atoms with Crippen LogP contribution in [0.2, 0.25) is 0 Å². The molecule has 0 atom stereocenters. The summed E-state index contributed by atoms with van der Waals surface area (Å²) in [4.78, 5) is 13.5. The summed E-state index contributed by atoms with van der Waals surface area (Å²) >= 11 is 4.38. The Balaban J connectivity index is 2.09. The Bertz CT molecular complexity index is 403. The third kappa shape index (κ3) is 2.75. The van der Waals surface area contributed by atoms with Gasteiger partial charge in [-0.1, -0.05) is 4.98 Å². The van der Waals surface area contributed by atoms with Crippen LogP contribution < -0.4 is 0 Å². The summed E-state index contributed by atoms with van der Waals surface area (Å²) in [5, 5.41) is 14.3. The predicted molar refractivity (Wildman–Crippen MR) is 63.0 cm³/mol. The zero-order chi connectivity index (χ0) is 12.3. The van der Waals surface area contributed by atoms with Gasteiger partial charge in [0.25, 0.3) is 0 Å². The number of hydrogen-bond acceptors (Lipinski definition) is 6. The molecule has 2 rings (SSSR count). The van der Waals surface area contributed by atoms with Gasteiger partial charge in [0.05, 0.1) is 6.54 Å². The van der Waals surface area contributed by atoms with E-state index in [0.717, 1.165) is 12.8 Å². The lowest BCUT2D eigenvalue weighted by atomic mass is 9.82. The fraction of sp³-hybridized carbons (Fsp3) is 0.778. The molecule has 0 saturated carbocycles. The summed E-state index contributed by atoms with van der Waals surface area (Å²) in [6, 6.07) is 0. The monoisotopic (exact) mass is 258 g/mol. The molecule has 1 aromatic heterocycles. The average molecular weight is 258 g/mol. The first kappa shape index (κ1) is 12.3. The van der Waals surface area contributed by atoms with Gasteiger partial charge in [-0.05, 0) is 23.5 Å². The average Bonchev–Trinajstić information content (AvgIpc) is 2.79. The molecule has 1 aromatic rings. The lowest BCUT2D eigenvalue weighted by molar-refractivity contribution is -0.394. The van der Waals surface area contributed by atoms with Crippen LogP contribution in [0.5, 0.6) is 0 Å². The van der Waals surface area contributed by atoms with Crippen LogP contribution >= 0.6 is 12.6 Å². The molecule has 0 unspecified atom stereocenters. The fourth-order valence-corrected chi connectivity index (χ4v) is 2.38. The minimum Gasteiger partial charge on any atom is -0.390 e. The predicted octanol–water partition coefficient (Wildman–Crippen LogP) is 0.913. The highest BCUT2D eigenvalue weighted by atomic mass is 32.1. The van der Waals surface area contributed by atoms with Crippen molar-refractivity contribution in [3.8, 4) is 0 Å². The van der Waals surface area contributed by atoms with Crippen molar-refractivity contribution in [2.75, 3.05) is 19.0 Å². The highest BCUT2D eigenvalue weighted by molar-refractivity contribution is 7.80. The summed E-state index contributed by atoms with van der Waals surface area (Å²) in [6.45, 7) is 2.01. The van der Waals surface area contributed by atoms with Crippen LogP contribution in [-0.2, 0) is 11.3 Å². The van der Waals surface area contributed by atoms with Gasteiger partial charge in [-0.2, -0.15) is 17.3 Å². The summed E-state index contributed by atoms with van der Waals surface area (Å²) < 4.78 is 6.85. The van der Waals surface area contributed by atoms with Crippen LogP contribution in [0.1, 0.15) is 12.8 Å². The van der Waals surface area contributed by atoms with E-state index in [2.05, 4.69) is 22.7 Å². The Morgan fingerprint density at radius 1 is 1.59 bits per heavy atom. The largest absolute Gasteiger partial charge is 0.490 e. The lowest BCUT2D eigenvalue weighted by Crippen LogP contribution is -2.35.